The van der Waals surface area contributed by atoms with E-state index >= 15 is 0 Å². The van der Waals surface area contributed by atoms with Crippen LogP contribution in [0.5, 0.6) is 5.75 Å². The second-order valence-corrected chi connectivity index (χ2v) is 3.96. The maximum Gasteiger partial charge on any atom is 0.119 e. The second kappa shape index (κ2) is 4.01. The van der Waals surface area contributed by atoms with Crippen LogP contribution in [0.1, 0.15) is 24.5 Å². The predicted octanol–water partition coefficient (Wildman–Crippen LogP) is 2.12. The van der Waals surface area contributed by atoms with Gasteiger partial charge in [0, 0.05) is 12.6 Å². The van der Waals surface area contributed by atoms with Crippen molar-refractivity contribution >= 4 is 0 Å². The summed E-state index contributed by atoms with van der Waals surface area (Å²) in [6.45, 7) is 3.21. The smallest absolute Gasteiger partial charge is 0.119 e. The zero-order valence-corrected chi connectivity index (χ0v) is 8.84. The normalized spacial score (nSPS) is 21.1. The number of methoxy groups -OCH3 is 1. The van der Waals surface area contributed by atoms with E-state index in [1.807, 2.05) is 0 Å². The van der Waals surface area contributed by atoms with Crippen molar-refractivity contribution in [3.05, 3.63) is 29.3 Å². The SMILES string of the molecule is COc1ccc2c(c1)CNC(C)CC2. The van der Waals surface area contributed by atoms with E-state index in [9.17, 15) is 0 Å². The number of ether oxygens (including phenoxy) is 1. The van der Waals surface area contributed by atoms with Gasteiger partial charge in [0.1, 0.15) is 5.75 Å². The number of hydrogen-bond acceptors (Lipinski definition) is 2. The fourth-order valence-electron chi connectivity index (χ4n) is 1.90. The Labute approximate surface area is 85.3 Å². The summed E-state index contributed by atoms with van der Waals surface area (Å²) in [6, 6.07) is 7.00. The molecule has 2 rings (SSSR count). The van der Waals surface area contributed by atoms with E-state index < -0.39 is 0 Å². The number of nitrogens with one attached hydrogen (secondary N) is 1. The van der Waals surface area contributed by atoms with Crippen molar-refractivity contribution in [1.29, 1.82) is 0 Å². The largest absolute Gasteiger partial charge is 0.497 e. The molecule has 1 heterocycles. The molecule has 0 amide bonds. The van der Waals surface area contributed by atoms with Crippen LogP contribution < -0.4 is 10.1 Å². The molecule has 2 heteroatoms. The molecule has 0 fully saturated rings. The molecule has 0 radical (unpaired) electrons. The lowest BCUT2D eigenvalue weighted by Crippen LogP contribution is -2.23. The molecule has 1 aromatic carbocycles. The molecule has 1 aliphatic heterocycles. The van der Waals surface area contributed by atoms with Crippen molar-refractivity contribution in [1.82, 2.24) is 5.32 Å². The van der Waals surface area contributed by atoms with Gasteiger partial charge < -0.3 is 10.1 Å². The Morgan fingerprint density at radius 2 is 2.21 bits per heavy atom. The fraction of sp³-hybridized carbons (Fsp3) is 0.500. The van der Waals surface area contributed by atoms with Gasteiger partial charge in [-0.15, -0.1) is 0 Å². The third-order valence-electron chi connectivity index (χ3n) is 2.90. The van der Waals surface area contributed by atoms with Gasteiger partial charge in [-0.25, -0.2) is 0 Å². The zero-order valence-electron chi connectivity index (χ0n) is 8.84. The van der Waals surface area contributed by atoms with Crippen LogP contribution in [0.15, 0.2) is 18.2 Å². The minimum atomic E-state index is 0.619. The standard InChI is InChI=1S/C12H17NO/c1-9-3-4-10-5-6-12(14-2)7-11(10)8-13-9/h5-7,9,13H,3-4,8H2,1-2H3. The Hall–Kier alpha value is -1.02. The van der Waals surface area contributed by atoms with E-state index in [4.69, 9.17) is 4.74 Å². The lowest BCUT2D eigenvalue weighted by molar-refractivity contribution is 0.414. The predicted molar refractivity (Wildman–Crippen MR) is 57.6 cm³/mol. The summed E-state index contributed by atoms with van der Waals surface area (Å²) >= 11 is 0. The highest BCUT2D eigenvalue weighted by Gasteiger charge is 2.12. The first-order valence-electron chi connectivity index (χ1n) is 5.19. The summed E-state index contributed by atoms with van der Waals surface area (Å²) in [6.07, 6.45) is 2.40. The van der Waals surface area contributed by atoms with Crippen molar-refractivity contribution in [2.45, 2.75) is 32.4 Å². The zero-order chi connectivity index (χ0) is 9.97. The highest BCUT2D eigenvalue weighted by Crippen LogP contribution is 2.21. The van der Waals surface area contributed by atoms with Gasteiger partial charge in [0.25, 0.3) is 0 Å². The average molecular weight is 191 g/mol. The van der Waals surface area contributed by atoms with E-state index in [0.29, 0.717) is 6.04 Å². The Kier molecular flexibility index (Phi) is 2.73. The summed E-state index contributed by atoms with van der Waals surface area (Å²) in [5, 5.41) is 3.50. The van der Waals surface area contributed by atoms with Gasteiger partial charge in [-0.05, 0) is 43.0 Å². The van der Waals surface area contributed by atoms with E-state index in [1.54, 1.807) is 7.11 Å². The molecule has 0 aromatic heterocycles. The maximum atomic E-state index is 5.22. The molecule has 14 heavy (non-hydrogen) atoms. The second-order valence-electron chi connectivity index (χ2n) is 3.96. The van der Waals surface area contributed by atoms with Crippen LogP contribution in [0.3, 0.4) is 0 Å². The first-order chi connectivity index (χ1) is 6.79. The molecule has 0 saturated heterocycles. The molecule has 1 atom stereocenters. The molecule has 1 aromatic rings. The van der Waals surface area contributed by atoms with E-state index in [0.717, 1.165) is 12.3 Å². The first kappa shape index (κ1) is 9.53. The quantitative estimate of drug-likeness (QED) is 0.734. The minimum absolute atomic E-state index is 0.619. The molecule has 0 saturated carbocycles. The van der Waals surface area contributed by atoms with Gasteiger partial charge in [0.15, 0.2) is 0 Å². The van der Waals surface area contributed by atoms with E-state index in [2.05, 4.69) is 30.4 Å². The van der Waals surface area contributed by atoms with Crippen LogP contribution in [0, 0.1) is 0 Å². The summed E-state index contributed by atoms with van der Waals surface area (Å²) in [4.78, 5) is 0. The molecule has 0 spiro atoms. The maximum absolute atomic E-state index is 5.22. The van der Waals surface area contributed by atoms with Crippen LogP contribution in [0.2, 0.25) is 0 Å². The number of hydrogen-bond donors (Lipinski definition) is 1. The number of fused-ring (bicyclic) bond motifs is 1. The minimum Gasteiger partial charge on any atom is -0.497 e. The van der Waals surface area contributed by atoms with E-state index in [-0.39, 0.29) is 0 Å². The van der Waals surface area contributed by atoms with Crippen LogP contribution in [0.25, 0.3) is 0 Å². The molecule has 1 N–H and O–H groups in total. The summed E-state index contributed by atoms with van der Waals surface area (Å²) < 4.78 is 5.22. The molecule has 2 nitrogen and oxygen atoms in total. The Morgan fingerprint density at radius 1 is 1.36 bits per heavy atom. The fourth-order valence-corrected chi connectivity index (χ4v) is 1.90. The van der Waals surface area contributed by atoms with E-state index in [1.165, 1.54) is 24.0 Å². The summed E-state index contributed by atoms with van der Waals surface area (Å²) in [7, 11) is 1.72. The Bertz CT molecular complexity index is 322. The number of aryl methyl sites for hydroxylation is 1. The monoisotopic (exact) mass is 191 g/mol. The third kappa shape index (κ3) is 1.90. The summed E-state index contributed by atoms with van der Waals surface area (Å²) in [5.41, 5.74) is 2.84. The first-order valence-corrected chi connectivity index (χ1v) is 5.19. The van der Waals surface area contributed by atoms with Crippen molar-refractivity contribution in [3.63, 3.8) is 0 Å². The van der Waals surface area contributed by atoms with Crippen molar-refractivity contribution in [2.24, 2.45) is 0 Å². The number of benzene rings is 1. The Morgan fingerprint density at radius 3 is 3.00 bits per heavy atom. The van der Waals surface area contributed by atoms with Gasteiger partial charge in [0.2, 0.25) is 0 Å². The lowest BCUT2D eigenvalue weighted by Gasteiger charge is -2.08. The van der Waals surface area contributed by atoms with Crippen molar-refractivity contribution in [3.8, 4) is 5.75 Å². The van der Waals surface area contributed by atoms with Gasteiger partial charge >= 0.3 is 0 Å². The lowest BCUT2D eigenvalue weighted by atomic mass is 10.0. The molecule has 1 aliphatic rings. The molecule has 0 bridgehead atoms. The van der Waals surface area contributed by atoms with Crippen LogP contribution in [0.4, 0.5) is 0 Å². The third-order valence-corrected chi connectivity index (χ3v) is 2.90. The molecule has 76 valence electrons. The molecule has 1 unspecified atom stereocenters. The Balaban J connectivity index is 2.27. The van der Waals surface area contributed by atoms with Gasteiger partial charge in [0.05, 0.1) is 7.11 Å². The molecular formula is C12H17NO. The van der Waals surface area contributed by atoms with Crippen molar-refractivity contribution < 1.29 is 4.74 Å². The van der Waals surface area contributed by atoms with Crippen LogP contribution in [-0.4, -0.2) is 13.2 Å². The number of rotatable bonds is 1. The van der Waals surface area contributed by atoms with Gasteiger partial charge in [-0.3, -0.25) is 0 Å². The topological polar surface area (TPSA) is 21.3 Å². The summed E-state index contributed by atoms with van der Waals surface area (Å²) in [5.74, 6) is 0.958. The highest BCUT2D eigenvalue weighted by molar-refractivity contribution is 5.36. The molecular weight excluding hydrogens is 174 g/mol. The van der Waals surface area contributed by atoms with Gasteiger partial charge in [-0.2, -0.15) is 0 Å². The highest BCUT2D eigenvalue weighted by atomic mass is 16.5. The van der Waals surface area contributed by atoms with Crippen LogP contribution >= 0.6 is 0 Å². The van der Waals surface area contributed by atoms with Crippen molar-refractivity contribution in [2.75, 3.05) is 7.11 Å². The molecule has 0 aliphatic carbocycles. The average Bonchev–Trinajstić information content (AvgIpc) is 2.40. The van der Waals surface area contributed by atoms with Gasteiger partial charge in [-0.1, -0.05) is 6.07 Å². The van der Waals surface area contributed by atoms with Crippen LogP contribution in [-0.2, 0) is 13.0 Å².